The first-order chi connectivity index (χ1) is 7.74. The summed E-state index contributed by atoms with van der Waals surface area (Å²) in [6.07, 6.45) is -0.513. The van der Waals surface area contributed by atoms with Gasteiger partial charge in [0.25, 0.3) is 5.91 Å². The summed E-state index contributed by atoms with van der Waals surface area (Å²) >= 11 is 3.44. The summed E-state index contributed by atoms with van der Waals surface area (Å²) in [5.74, 6) is -0.0688. The molecule has 0 saturated carbocycles. The lowest BCUT2D eigenvalue weighted by Crippen LogP contribution is -2.50. The molecule has 1 unspecified atom stereocenters. The van der Waals surface area contributed by atoms with Gasteiger partial charge in [0.1, 0.15) is 6.10 Å². The molecule has 86 valence electrons. The van der Waals surface area contributed by atoms with Crippen molar-refractivity contribution in [2.45, 2.75) is 6.10 Å². The van der Waals surface area contributed by atoms with Crippen LogP contribution in [0.1, 0.15) is 0 Å². The molecule has 1 atom stereocenters. The third-order valence-corrected chi connectivity index (χ3v) is 3.20. The van der Waals surface area contributed by atoms with Crippen molar-refractivity contribution in [2.24, 2.45) is 5.73 Å². The van der Waals surface area contributed by atoms with E-state index in [0.29, 0.717) is 13.2 Å². The Bertz CT molecular complexity index is 397. The van der Waals surface area contributed by atoms with Gasteiger partial charge >= 0.3 is 0 Å². The summed E-state index contributed by atoms with van der Waals surface area (Å²) in [5, 5.41) is 0. The second kappa shape index (κ2) is 4.95. The number of ether oxygens (including phenoxy) is 1. The van der Waals surface area contributed by atoms with Crippen LogP contribution >= 0.6 is 15.9 Å². The maximum atomic E-state index is 12.0. The number of rotatable bonds is 2. The molecular weight excluding hydrogens is 272 g/mol. The van der Waals surface area contributed by atoms with E-state index in [0.717, 1.165) is 10.2 Å². The van der Waals surface area contributed by atoms with Gasteiger partial charge in [0, 0.05) is 17.6 Å². The number of halogens is 1. The second-order valence-electron chi connectivity index (χ2n) is 3.54. The molecule has 0 radical (unpaired) electrons. The van der Waals surface area contributed by atoms with Gasteiger partial charge in [0.15, 0.2) is 0 Å². The molecule has 1 aromatic rings. The zero-order valence-electron chi connectivity index (χ0n) is 8.73. The first kappa shape index (κ1) is 11.6. The van der Waals surface area contributed by atoms with E-state index in [1.165, 1.54) is 0 Å². The molecule has 1 amide bonds. The molecule has 0 aliphatic carbocycles. The van der Waals surface area contributed by atoms with Gasteiger partial charge in [-0.2, -0.15) is 0 Å². The SMILES string of the molecule is NCC1OCCN(c2ccccc2Br)C1=O. The maximum absolute atomic E-state index is 12.0. The Hall–Kier alpha value is -0.910. The van der Waals surface area contributed by atoms with E-state index in [2.05, 4.69) is 15.9 Å². The Morgan fingerprint density at radius 2 is 2.25 bits per heavy atom. The van der Waals surface area contributed by atoms with Crippen LogP contribution in [0.5, 0.6) is 0 Å². The standard InChI is InChI=1S/C11H13BrN2O2/c12-8-3-1-2-4-9(8)14-5-6-16-10(7-13)11(14)15/h1-4,10H,5-7,13H2. The summed E-state index contributed by atoms with van der Waals surface area (Å²) in [6, 6.07) is 7.63. The highest BCUT2D eigenvalue weighted by Crippen LogP contribution is 2.27. The Morgan fingerprint density at radius 3 is 2.94 bits per heavy atom. The quantitative estimate of drug-likeness (QED) is 0.886. The minimum absolute atomic E-state index is 0.0688. The van der Waals surface area contributed by atoms with Crippen LogP contribution in [0.3, 0.4) is 0 Å². The number of carbonyl (C=O) groups excluding carboxylic acids is 1. The van der Waals surface area contributed by atoms with Crippen molar-refractivity contribution in [2.75, 3.05) is 24.6 Å². The summed E-state index contributed by atoms with van der Waals surface area (Å²) in [4.78, 5) is 13.7. The molecule has 2 rings (SSSR count). The van der Waals surface area contributed by atoms with Crippen molar-refractivity contribution in [3.8, 4) is 0 Å². The molecule has 1 heterocycles. The average molecular weight is 285 g/mol. The third-order valence-electron chi connectivity index (χ3n) is 2.53. The van der Waals surface area contributed by atoms with E-state index in [-0.39, 0.29) is 12.5 Å². The van der Waals surface area contributed by atoms with E-state index in [1.807, 2.05) is 24.3 Å². The van der Waals surface area contributed by atoms with Gasteiger partial charge in [0.2, 0.25) is 0 Å². The van der Waals surface area contributed by atoms with E-state index in [4.69, 9.17) is 10.5 Å². The van der Waals surface area contributed by atoms with Crippen LogP contribution in [0.25, 0.3) is 0 Å². The highest BCUT2D eigenvalue weighted by molar-refractivity contribution is 9.10. The third kappa shape index (κ3) is 2.11. The zero-order valence-corrected chi connectivity index (χ0v) is 10.3. The van der Waals surface area contributed by atoms with E-state index in [1.54, 1.807) is 4.90 Å². The number of carbonyl (C=O) groups is 1. The second-order valence-corrected chi connectivity index (χ2v) is 4.39. The lowest BCUT2D eigenvalue weighted by molar-refractivity contribution is -0.133. The summed E-state index contributed by atoms with van der Waals surface area (Å²) in [5.41, 5.74) is 6.36. The molecule has 2 N–H and O–H groups in total. The number of anilines is 1. The fraction of sp³-hybridized carbons (Fsp3) is 0.364. The molecular formula is C11H13BrN2O2. The minimum atomic E-state index is -0.513. The largest absolute Gasteiger partial charge is 0.365 e. The molecule has 1 aliphatic heterocycles. The molecule has 0 bridgehead atoms. The van der Waals surface area contributed by atoms with Crippen LogP contribution in [0.15, 0.2) is 28.7 Å². The maximum Gasteiger partial charge on any atom is 0.257 e. The normalized spacial score (nSPS) is 21.2. The van der Waals surface area contributed by atoms with Gasteiger partial charge in [-0.05, 0) is 28.1 Å². The molecule has 0 aromatic heterocycles. The lowest BCUT2D eigenvalue weighted by Gasteiger charge is -2.32. The fourth-order valence-electron chi connectivity index (χ4n) is 1.72. The number of morpholine rings is 1. The van der Waals surface area contributed by atoms with Gasteiger partial charge < -0.3 is 15.4 Å². The van der Waals surface area contributed by atoms with Crippen molar-refractivity contribution >= 4 is 27.5 Å². The van der Waals surface area contributed by atoms with Gasteiger partial charge in [0.05, 0.1) is 12.3 Å². The Balaban J connectivity index is 2.27. The van der Waals surface area contributed by atoms with E-state index < -0.39 is 6.10 Å². The highest BCUT2D eigenvalue weighted by atomic mass is 79.9. The predicted molar refractivity (Wildman–Crippen MR) is 65.3 cm³/mol. The van der Waals surface area contributed by atoms with Gasteiger partial charge in [-0.25, -0.2) is 0 Å². The van der Waals surface area contributed by atoms with Crippen LogP contribution in [0.4, 0.5) is 5.69 Å². The fourth-order valence-corrected chi connectivity index (χ4v) is 2.22. The lowest BCUT2D eigenvalue weighted by atomic mass is 10.2. The molecule has 0 spiro atoms. The number of hydrogen-bond acceptors (Lipinski definition) is 3. The minimum Gasteiger partial charge on any atom is -0.365 e. The highest BCUT2D eigenvalue weighted by Gasteiger charge is 2.30. The van der Waals surface area contributed by atoms with Crippen molar-refractivity contribution in [3.63, 3.8) is 0 Å². The molecule has 5 heteroatoms. The summed E-state index contributed by atoms with van der Waals surface area (Å²) in [7, 11) is 0. The van der Waals surface area contributed by atoms with Crippen molar-refractivity contribution < 1.29 is 9.53 Å². The number of benzene rings is 1. The van der Waals surface area contributed by atoms with Gasteiger partial charge in [-0.3, -0.25) is 4.79 Å². The van der Waals surface area contributed by atoms with E-state index >= 15 is 0 Å². The Labute approximate surface area is 102 Å². The Morgan fingerprint density at radius 1 is 1.50 bits per heavy atom. The predicted octanol–water partition coefficient (Wildman–Crippen LogP) is 1.14. The molecule has 1 fully saturated rings. The molecule has 16 heavy (non-hydrogen) atoms. The monoisotopic (exact) mass is 284 g/mol. The number of para-hydroxylation sites is 1. The first-order valence-electron chi connectivity index (χ1n) is 5.11. The first-order valence-corrected chi connectivity index (χ1v) is 5.91. The molecule has 4 nitrogen and oxygen atoms in total. The average Bonchev–Trinajstić information content (AvgIpc) is 2.31. The smallest absolute Gasteiger partial charge is 0.257 e. The van der Waals surface area contributed by atoms with Crippen molar-refractivity contribution in [1.82, 2.24) is 0 Å². The number of hydrogen-bond donors (Lipinski definition) is 1. The topological polar surface area (TPSA) is 55.6 Å². The molecule has 1 saturated heterocycles. The number of nitrogens with two attached hydrogens (primary N) is 1. The molecule has 1 aliphatic rings. The van der Waals surface area contributed by atoms with Crippen LogP contribution in [0, 0.1) is 0 Å². The van der Waals surface area contributed by atoms with Crippen molar-refractivity contribution in [1.29, 1.82) is 0 Å². The number of amides is 1. The molecule has 1 aromatic carbocycles. The van der Waals surface area contributed by atoms with Crippen LogP contribution < -0.4 is 10.6 Å². The van der Waals surface area contributed by atoms with Crippen molar-refractivity contribution in [3.05, 3.63) is 28.7 Å². The number of nitrogens with zero attached hydrogens (tertiary/aromatic N) is 1. The zero-order chi connectivity index (χ0) is 11.5. The Kier molecular flexibility index (Phi) is 3.58. The van der Waals surface area contributed by atoms with Gasteiger partial charge in [-0.15, -0.1) is 0 Å². The van der Waals surface area contributed by atoms with Crippen LogP contribution in [-0.2, 0) is 9.53 Å². The van der Waals surface area contributed by atoms with Gasteiger partial charge in [-0.1, -0.05) is 12.1 Å². The summed E-state index contributed by atoms with van der Waals surface area (Å²) < 4.78 is 6.20. The van der Waals surface area contributed by atoms with E-state index in [9.17, 15) is 4.79 Å². The summed E-state index contributed by atoms with van der Waals surface area (Å²) in [6.45, 7) is 1.31. The van der Waals surface area contributed by atoms with Crippen LogP contribution in [0.2, 0.25) is 0 Å². The van der Waals surface area contributed by atoms with Crippen LogP contribution in [-0.4, -0.2) is 31.7 Å².